The fourth-order valence-corrected chi connectivity index (χ4v) is 4.36. The maximum atomic E-state index is 12.9. The first-order valence-corrected chi connectivity index (χ1v) is 8.56. The van der Waals surface area contributed by atoms with E-state index >= 15 is 0 Å². The number of amides is 1. The molecular weight excluding hydrogens is 292 g/mol. The predicted molar refractivity (Wildman–Crippen MR) is 88.6 cm³/mol. The van der Waals surface area contributed by atoms with E-state index < -0.39 is 0 Å². The molecule has 2 aliphatic rings. The van der Waals surface area contributed by atoms with Gasteiger partial charge in [-0.05, 0) is 32.9 Å². The quantitative estimate of drug-likeness (QED) is 0.854. The molecule has 3 rings (SSSR count). The number of ether oxygens (including phenoxy) is 1. The van der Waals surface area contributed by atoms with Gasteiger partial charge in [0.15, 0.2) is 0 Å². The molecule has 2 saturated heterocycles. The zero-order chi connectivity index (χ0) is 16.6. The molecule has 2 aliphatic heterocycles. The Kier molecular flexibility index (Phi) is 4.52. The standard InChI is InChI=1S/C18H28N2O3/c1-5-19-9-15(10-22-4)18(11-19)6-7-20(12-18)17(21)16-8-13(2)23-14(16)3/h8,15H,5-7,9-12H2,1-4H3/t15-,18+/m0/s1. The maximum absolute atomic E-state index is 12.9. The molecule has 0 unspecified atom stereocenters. The lowest BCUT2D eigenvalue weighted by Crippen LogP contribution is -2.38. The summed E-state index contributed by atoms with van der Waals surface area (Å²) in [6, 6.07) is 1.86. The van der Waals surface area contributed by atoms with E-state index in [9.17, 15) is 4.79 Å². The van der Waals surface area contributed by atoms with Gasteiger partial charge in [0.2, 0.25) is 0 Å². The third kappa shape index (κ3) is 2.92. The molecule has 128 valence electrons. The first kappa shape index (κ1) is 16.5. The highest BCUT2D eigenvalue weighted by molar-refractivity contribution is 5.95. The van der Waals surface area contributed by atoms with E-state index in [1.165, 1.54) is 0 Å². The third-order valence-corrected chi connectivity index (χ3v) is 5.64. The van der Waals surface area contributed by atoms with E-state index in [1.807, 2.05) is 24.8 Å². The Morgan fingerprint density at radius 2 is 2.22 bits per heavy atom. The number of likely N-dealkylation sites (tertiary alicyclic amines) is 2. The van der Waals surface area contributed by atoms with Crippen LogP contribution in [0.25, 0.3) is 0 Å². The van der Waals surface area contributed by atoms with Crippen LogP contribution >= 0.6 is 0 Å². The van der Waals surface area contributed by atoms with Crippen molar-refractivity contribution in [2.75, 3.05) is 46.4 Å². The summed E-state index contributed by atoms with van der Waals surface area (Å²) in [4.78, 5) is 17.4. The second-order valence-electron chi connectivity index (χ2n) is 7.15. The molecule has 1 aromatic rings. The molecular formula is C18H28N2O3. The fourth-order valence-electron chi connectivity index (χ4n) is 4.36. The van der Waals surface area contributed by atoms with E-state index in [4.69, 9.17) is 9.15 Å². The van der Waals surface area contributed by atoms with Crippen molar-refractivity contribution >= 4 is 5.91 Å². The molecule has 0 aromatic carbocycles. The number of hydrogen-bond acceptors (Lipinski definition) is 4. The van der Waals surface area contributed by atoms with Gasteiger partial charge in [0.05, 0.1) is 12.2 Å². The van der Waals surface area contributed by atoms with E-state index in [2.05, 4.69) is 11.8 Å². The van der Waals surface area contributed by atoms with Crippen LogP contribution in [0.1, 0.15) is 35.2 Å². The van der Waals surface area contributed by atoms with Crippen LogP contribution in [0.2, 0.25) is 0 Å². The van der Waals surface area contributed by atoms with Crippen LogP contribution in [0.15, 0.2) is 10.5 Å². The van der Waals surface area contributed by atoms with E-state index in [-0.39, 0.29) is 11.3 Å². The molecule has 0 N–H and O–H groups in total. The highest BCUT2D eigenvalue weighted by atomic mass is 16.5. The Balaban J connectivity index is 1.76. The van der Waals surface area contributed by atoms with Gasteiger partial charge in [0, 0.05) is 44.6 Å². The summed E-state index contributed by atoms with van der Waals surface area (Å²) in [6.45, 7) is 11.6. The predicted octanol–water partition coefficient (Wildman–Crippen LogP) is 2.33. The highest BCUT2D eigenvalue weighted by Gasteiger charge is 2.51. The number of nitrogens with zero attached hydrogens (tertiary/aromatic N) is 2. The summed E-state index contributed by atoms with van der Waals surface area (Å²) >= 11 is 0. The molecule has 5 heteroatoms. The minimum Gasteiger partial charge on any atom is -0.466 e. The largest absolute Gasteiger partial charge is 0.466 e. The molecule has 2 fully saturated rings. The Hall–Kier alpha value is -1.33. The van der Waals surface area contributed by atoms with Crippen molar-refractivity contribution in [3.8, 4) is 0 Å². The summed E-state index contributed by atoms with van der Waals surface area (Å²) in [5, 5.41) is 0. The molecule has 1 amide bonds. The summed E-state index contributed by atoms with van der Waals surface area (Å²) in [6.07, 6.45) is 1.07. The average Bonchev–Trinajstić information content (AvgIpc) is 3.19. The van der Waals surface area contributed by atoms with Crippen LogP contribution in [0.3, 0.4) is 0 Å². The van der Waals surface area contributed by atoms with Crippen LogP contribution in [-0.4, -0.2) is 62.1 Å². The molecule has 3 heterocycles. The van der Waals surface area contributed by atoms with Gasteiger partial charge in [-0.25, -0.2) is 0 Å². The second-order valence-corrected chi connectivity index (χ2v) is 7.15. The molecule has 1 spiro atoms. The van der Waals surface area contributed by atoms with Gasteiger partial charge in [0.1, 0.15) is 11.5 Å². The number of furan rings is 1. The van der Waals surface area contributed by atoms with Gasteiger partial charge in [0.25, 0.3) is 5.91 Å². The molecule has 1 aromatic heterocycles. The van der Waals surface area contributed by atoms with Crippen molar-refractivity contribution < 1.29 is 13.9 Å². The number of methoxy groups -OCH3 is 1. The minimum absolute atomic E-state index is 0.113. The summed E-state index contributed by atoms with van der Waals surface area (Å²) in [7, 11) is 1.78. The zero-order valence-corrected chi connectivity index (χ0v) is 14.7. The van der Waals surface area contributed by atoms with Gasteiger partial charge in [-0.1, -0.05) is 6.92 Å². The van der Waals surface area contributed by atoms with E-state index in [1.54, 1.807) is 7.11 Å². The number of hydrogen-bond donors (Lipinski definition) is 0. The number of aryl methyl sites for hydroxylation is 2. The molecule has 0 radical (unpaired) electrons. The Labute approximate surface area is 138 Å². The number of carbonyl (C=O) groups excluding carboxylic acids is 1. The van der Waals surface area contributed by atoms with Gasteiger partial charge in [-0.2, -0.15) is 0 Å². The molecule has 0 bridgehead atoms. The Morgan fingerprint density at radius 3 is 2.83 bits per heavy atom. The third-order valence-electron chi connectivity index (χ3n) is 5.64. The SMILES string of the molecule is CCN1C[C@@H](COC)[C@]2(CCN(C(=O)c3cc(C)oc3C)C2)C1. The van der Waals surface area contributed by atoms with E-state index in [0.717, 1.165) is 57.3 Å². The van der Waals surface area contributed by atoms with Crippen molar-refractivity contribution in [1.29, 1.82) is 0 Å². The van der Waals surface area contributed by atoms with Gasteiger partial charge < -0.3 is 19.0 Å². The van der Waals surface area contributed by atoms with E-state index in [0.29, 0.717) is 11.5 Å². The Bertz CT molecular complexity index is 583. The van der Waals surface area contributed by atoms with Crippen molar-refractivity contribution in [2.24, 2.45) is 11.3 Å². The zero-order valence-electron chi connectivity index (χ0n) is 14.7. The number of carbonyl (C=O) groups is 1. The van der Waals surface area contributed by atoms with Crippen LogP contribution in [-0.2, 0) is 4.74 Å². The van der Waals surface area contributed by atoms with Crippen molar-refractivity contribution in [3.05, 3.63) is 23.2 Å². The van der Waals surface area contributed by atoms with Crippen molar-refractivity contribution in [3.63, 3.8) is 0 Å². The molecule has 0 aliphatic carbocycles. The van der Waals surface area contributed by atoms with Gasteiger partial charge in [-0.3, -0.25) is 4.79 Å². The Morgan fingerprint density at radius 1 is 1.43 bits per heavy atom. The van der Waals surface area contributed by atoms with Crippen LogP contribution < -0.4 is 0 Å². The van der Waals surface area contributed by atoms with Crippen LogP contribution in [0.5, 0.6) is 0 Å². The smallest absolute Gasteiger partial charge is 0.257 e. The molecule has 0 saturated carbocycles. The molecule has 2 atom stereocenters. The first-order chi connectivity index (χ1) is 11.0. The lowest BCUT2D eigenvalue weighted by atomic mass is 9.77. The highest BCUT2D eigenvalue weighted by Crippen LogP contribution is 2.44. The van der Waals surface area contributed by atoms with Crippen LogP contribution in [0, 0.1) is 25.2 Å². The normalized spacial score (nSPS) is 28.2. The average molecular weight is 320 g/mol. The topological polar surface area (TPSA) is 45.9 Å². The molecule has 5 nitrogen and oxygen atoms in total. The summed E-state index contributed by atoms with van der Waals surface area (Å²) in [5.41, 5.74) is 0.905. The second kappa shape index (κ2) is 6.29. The fraction of sp³-hybridized carbons (Fsp3) is 0.722. The molecule has 23 heavy (non-hydrogen) atoms. The van der Waals surface area contributed by atoms with Gasteiger partial charge in [-0.15, -0.1) is 0 Å². The van der Waals surface area contributed by atoms with Crippen molar-refractivity contribution in [1.82, 2.24) is 9.80 Å². The summed E-state index contributed by atoms with van der Waals surface area (Å²) in [5.74, 6) is 2.15. The first-order valence-electron chi connectivity index (χ1n) is 8.56. The maximum Gasteiger partial charge on any atom is 0.257 e. The van der Waals surface area contributed by atoms with Crippen LogP contribution in [0.4, 0.5) is 0 Å². The minimum atomic E-state index is 0.113. The van der Waals surface area contributed by atoms with Gasteiger partial charge >= 0.3 is 0 Å². The monoisotopic (exact) mass is 320 g/mol. The van der Waals surface area contributed by atoms with Crippen molar-refractivity contribution in [2.45, 2.75) is 27.2 Å². The lowest BCUT2D eigenvalue weighted by Gasteiger charge is -2.30. The number of rotatable bonds is 4. The summed E-state index contributed by atoms with van der Waals surface area (Å²) < 4.78 is 11.0. The lowest BCUT2D eigenvalue weighted by molar-refractivity contribution is 0.0714.